The number of nitrogens with zero attached hydrogens (tertiary/aromatic N) is 3. The molecule has 0 spiro atoms. The van der Waals surface area contributed by atoms with E-state index in [1.165, 1.54) is 12.1 Å². The number of hydrogen-bond acceptors (Lipinski definition) is 4. The van der Waals surface area contributed by atoms with Gasteiger partial charge in [-0.2, -0.15) is 5.10 Å². The van der Waals surface area contributed by atoms with Crippen molar-refractivity contribution in [1.82, 2.24) is 9.78 Å². The number of nitro groups is 1. The second-order valence-electron chi connectivity index (χ2n) is 3.99. The van der Waals surface area contributed by atoms with Crippen LogP contribution in [0.4, 0.5) is 5.69 Å². The molecule has 19 heavy (non-hydrogen) atoms. The maximum atomic E-state index is 10.7. The van der Waals surface area contributed by atoms with Gasteiger partial charge in [0.25, 0.3) is 5.69 Å². The lowest BCUT2D eigenvalue weighted by Crippen LogP contribution is -1.98. The molecule has 0 aliphatic carbocycles. The Morgan fingerprint density at radius 1 is 1.53 bits per heavy atom. The second-order valence-corrected chi connectivity index (χ2v) is 4.55. The molecule has 6 nitrogen and oxygen atoms in total. The molecule has 0 fully saturated rings. The fourth-order valence-corrected chi connectivity index (χ4v) is 2.07. The summed E-state index contributed by atoms with van der Waals surface area (Å²) in [7, 11) is 1.83. The minimum atomic E-state index is -0.420. The number of hydrogen-bond donors (Lipinski definition) is 0. The average molecular weight is 326 g/mol. The van der Waals surface area contributed by atoms with Crippen LogP contribution in [0.2, 0.25) is 0 Å². The summed E-state index contributed by atoms with van der Waals surface area (Å²) in [5, 5.41) is 15.2. The van der Waals surface area contributed by atoms with Crippen molar-refractivity contribution < 1.29 is 9.66 Å². The first-order chi connectivity index (χ1) is 9.10. The second kappa shape index (κ2) is 5.83. The van der Waals surface area contributed by atoms with Gasteiger partial charge in [0.05, 0.1) is 11.1 Å². The molecule has 0 aliphatic rings. The van der Waals surface area contributed by atoms with E-state index < -0.39 is 4.92 Å². The minimum Gasteiger partial charge on any atom is -0.488 e. The number of halogens is 1. The zero-order valence-electron chi connectivity index (χ0n) is 10.2. The van der Waals surface area contributed by atoms with E-state index in [1.807, 2.05) is 13.2 Å². The van der Waals surface area contributed by atoms with Gasteiger partial charge >= 0.3 is 0 Å². The Kier molecular flexibility index (Phi) is 4.16. The summed E-state index contributed by atoms with van der Waals surface area (Å²) in [6.07, 6.45) is 3.58. The van der Waals surface area contributed by atoms with Crippen LogP contribution in [0.3, 0.4) is 0 Å². The van der Waals surface area contributed by atoms with Crippen molar-refractivity contribution in [3.8, 4) is 5.75 Å². The highest BCUT2D eigenvalue weighted by Crippen LogP contribution is 2.26. The third kappa shape index (κ3) is 3.31. The van der Waals surface area contributed by atoms with E-state index in [-0.39, 0.29) is 5.69 Å². The van der Waals surface area contributed by atoms with E-state index in [0.717, 1.165) is 11.1 Å². The van der Waals surface area contributed by atoms with Crippen molar-refractivity contribution in [1.29, 1.82) is 0 Å². The lowest BCUT2D eigenvalue weighted by Gasteiger charge is -2.08. The van der Waals surface area contributed by atoms with E-state index in [4.69, 9.17) is 4.74 Å². The predicted octanol–water partition coefficient (Wildman–Crippen LogP) is 2.80. The number of aromatic nitrogens is 2. The topological polar surface area (TPSA) is 70.2 Å². The summed E-state index contributed by atoms with van der Waals surface area (Å²) in [5.41, 5.74) is 1.75. The Labute approximate surface area is 118 Å². The van der Waals surface area contributed by atoms with Gasteiger partial charge in [-0.15, -0.1) is 0 Å². The molecule has 0 N–H and O–H groups in total. The smallest absolute Gasteiger partial charge is 0.270 e. The molecule has 100 valence electrons. The van der Waals surface area contributed by atoms with E-state index in [0.29, 0.717) is 17.7 Å². The first-order valence-electron chi connectivity index (χ1n) is 5.53. The van der Waals surface area contributed by atoms with Crippen molar-refractivity contribution in [2.75, 3.05) is 0 Å². The Bertz CT molecular complexity index is 598. The summed E-state index contributed by atoms with van der Waals surface area (Å²) in [5.74, 6) is 0.631. The third-order valence-electron chi connectivity index (χ3n) is 2.55. The van der Waals surface area contributed by atoms with Crippen LogP contribution < -0.4 is 4.74 Å². The SMILES string of the molecule is Cn1cc(COc2ccc([N+](=O)[O-])cc2CBr)cn1. The quantitative estimate of drug-likeness (QED) is 0.481. The van der Waals surface area contributed by atoms with Crippen LogP contribution in [0, 0.1) is 10.1 Å². The van der Waals surface area contributed by atoms with Gasteiger partial charge in [0.15, 0.2) is 0 Å². The lowest BCUT2D eigenvalue weighted by atomic mass is 10.2. The normalized spacial score (nSPS) is 10.4. The van der Waals surface area contributed by atoms with E-state index in [9.17, 15) is 10.1 Å². The van der Waals surface area contributed by atoms with Crippen LogP contribution in [0.25, 0.3) is 0 Å². The summed E-state index contributed by atoms with van der Waals surface area (Å²) < 4.78 is 7.35. The number of rotatable bonds is 5. The molecule has 1 heterocycles. The Hall–Kier alpha value is -1.89. The molecule has 0 amide bonds. The molecule has 0 bridgehead atoms. The van der Waals surface area contributed by atoms with Gasteiger partial charge in [0, 0.05) is 41.8 Å². The van der Waals surface area contributed by atoms with Gasteiger partial charge in [-0.1, -0.05) is 15.9 Å². The molecule has 1 aromatic carbocycles. The van der Waals surface area contributed by atoms with Gasteiger partial charge < -0.3 is 4.74 Å². The highest BCUT2D eigenvalue weighted by atomic mass is 79.9. The van der Waals surface area contributed by atoms with E-state index >= 15 is 0 Å². The largest absolute Gasteiger partial charge is 0.488 e. The molecule has 7 heteroatoms. The molecular formula is C12H12BrN3O3. The van der Waals surface area contributed by atoms with Crippen molar-refractivity contribution >= 4 is 21.6 Å². The molecule has 2 rings (SSSR count). The van der Waals surface area contributed by atoms with Crippen LogP contribution in [0.1, 0.15) is 11.1 Å². The Morgan fingerprint density at radius 2 is 2.32 bits per heavy atom. The van der Waals surface area contributed by atoms with Gasteiger partial charge in [-0.25, -0.2) is 0 Å². The van der Waals surface area contributed by atoms with Gasteiger partial charge in [-0.3, -0.25) is 14.8 Å². The molecule has 0 atom stereocenters. The van der Waals surface area contributed by atoms with Gasteiger partial charge in [0.2, 0.25) is 0 Å². The molecule has 0 aliphatic heterocycles. The minimum absolute atomic E-state index is 0.0585. The maximum absolute atomic E-state index is 10.7. The summed E-state index contributed by atoms with van der Waals surface area (Å²) in [6, 6.07) is 4.56. The monoisotopic (exact) mass is 325 g/mol. The number of non-ortho nitro benzene ring substituents is 1. The zero-order valence-corrected chi connectivity index (χ0v) is 11.8. The van der Waals surface area contributed by atoms with Crippen LogP contribution in [-0.2, 0) is 19.0 Å². The zero-order chi connectivity index (χ0) is 13.8. The number of aryl methyl sites for hydroxylation is 1. The summed E-state index contributed by atoms with van der Waals surface area (Å²) in [6.45, 7) is 0.381. The maximum Gasteiger partial charge on any atom is 0.270 e. The molecular weight excluding hydrogens is 314 g/mol. The number of nitro benzene ring substituents is 1. The molecule has 2 aromatic rings. The van der Waals surface area contributed by atoms with Crippen LogP contribution >= 0.6 is 15.9 Å². The highest BCUT2D eigenvalue weighted by molar-refractivity contribution is 9.08. The van der Waals surface area contributed by atoms with Crippen LogP contribution in [-0.4, -0.2) is 14.7 Å². The van der Waals surface area contributed by atoms with E-state index in [2.05, 4.69) is 21.0 Å². The molecule has 0 saturated heterocycles. The predicted molar refractivity (Wildman–Crippen MR) is 73.3 cm³/mol. The standard InChI is InChI=1S/C12H12BrN3O3/c1-15-7-9(6-14-15)8-19-12-3-2-11(16(17)18)4-10(12)5-13/h2-4,6-7H,5,8H2,1H3. The fraction of sp³-hybridized carbons (Fsp3) is 0.250. The number of alkyl halides is 1. The molecule has 0 unspecified atom stereocenters. The number of ether oxygens (including phenoxy) is 1. The van der Waals surface area contributed by atoms with Gasteiger partial charge in [0.1, 0.15) is 12.4 Å². The summed E-state index contributed by atoms with van der Waals surface area (Å²) in [4.78, 5) is 10.3. The highest BCUT2D eigenvalue weighted by Gasteiger charge is 2.11. The van der Waals surface area contributed by atoms with E-state index in [1.54, 1.807) is 16.9 Å². The third-order valence-corrected chi connectivity index (χ3v) is 3.16. The van der Waals surface area contributed by atoms with Gasteiger partial charge in [-0.05, 0) is 6.07 Å². The number of benzene rings is 1. The van der Waals surface area contributed by atoms with Crippen molar-refractivity contribution in [3.05, 3.63) is 51.8 Å². The Balaban J connectivity index is 2.13. The first kappa shape index (κ1) is 13.5. The summed E-state index contributed by atoms with van der Waals surface area (Å²) >= 11 is 3.30. The first-order valence-corrected chi connectivity index (χ1v) is 6.66. The molecule has 0 saturated carbocycles. The fourth-order valence-electron chi connectivity index (χ4n) is 1.63. The van der Waals surface area contributed by atoms with Crippen LogP contribution in [0.5, 0.6) is 5.75 Å². The van der Waals surface area contributed by atoms with Crippen molar-refractivity contribution in [3.63, 3.8) is 0 Å². The average Bonchev–Trinajstić information content (AvgIpc) is 2.81. The van der Waals surface area contributed by atoms with Crippen molar-refractivity contribution in [2.24, 2.45) is 7.05 Å². The Morgan fingerprint density at radius 3 is 2.89 bits per heavy atom. The molecule has 0 radical (unpaired) electrons. The lowest BCUT2D eigenvalue weighted by molar-refractivity contribution is -0.384. The van der Waals surface area contributed by atoms with Crippen LogP contribution in [0.15, 0.2) is 30.6 Å². The van der Waals surface area contributed by atoms with Crippen molar-refractivity contribution in [2.45, 2.75) is 11.9 Å². The molecule has 1 aromatic heterocycles.